The average Bonchev–Trinajstić information content (AvgIpc) is 2.44. The van der Waals surface area contributed by atoms with Crippen LogP contribution in [0.5, 0.6) is 11.5 Å². The van der Waals surface area contributed by atoms with Gasteiger partial charge >= 0.3 is 6.29 Å². The summed E-state index contributed by atoms with van der Waals surface area (Å²) in [5, 5.41) is 3.25. The van der Waals surface area contributed by atoms with Gasteiger partial charge in [0.2, 0.25) is 0 Å². The molecule has 0 saturated heterocycles. The summed E-state index contributed by atoms with van der Waals surface area (Å²) >= 11 is 0. The molecule has 0 atom stereocenters. The van der Waals surface area contributed by atoms with Gasteiger partial charge in [0.25, 0.3) is 0 Å². The first kappa shape index (κ1) is 9.69. The number of halogens is 2. The number of anilines is 1. The molecular weight excluding hydrogens is 216 g/mol. The molecule has 5 heteroatoms. The monoisotopic (exact) mass is 227 g/mol. The second-order valence-electron chi connectivity index (χ2n) is 4.10. The molecule has 3 nitrogen and oxygen atoms in total. The zero-order valence-corrected chi connectivity index (χ0v) is 8.50. The highest BCUT2D eigenvalue weighted by atomic mass is 19.3. The third-order valence-corrected chi connectivity index (χ3v) is 2.88. The Morgan fingerprint density at radius 1 is 1.19 bits per heavy atom. The van der Waals surface area contributed by atoms with Gasteiger partial charge in [-0.1, -0.05) is 0 Å². The average molecular weight is 227 g/mol. The third kappa shape index (κ3) is 1.66. The van der Waals surface area contributed by atoms with Crippen molar-refractivity contribution in [2.75, 3.05) is 5.32 Å². The van der Waals surface area contributed by atoms with Gasteiger partial charge in [-0.2, -0.15) is 0 Å². The zero-order chi connectivity index (χ0) is 11.2. The molecule has 1 aromatic carbocycles. The summed E-state index contributed by atoms with van der Waals surface area (Å²) in [6, 6.07) is 5.23. The van der Waals surface area contributed by atoms with Crippen LogP contribution in [0.1, 0.15) is 19.3 Å². The molecule has 1 N–H and O–H groups in total. The van der Waals surface area contributed by atoms with E-state index in [1.165, 1.54) is 12.5 Å². The summed E-state index contributed by atoms with van der Waals surface area (Å²) in [7, 11) is 0. The molecule has 86 valence electrons. The van der Waals surface area contributed by atoms with Gasteiger partial charge in [-0.15, -0.1) is 8.78 Å². The molecule has 1 aliphatic carbocycles. The van der Waals surface area contributed by atoms with Crippen LogP contribution in [0.4, 0.5) is 14.5 Å². The van der Waals surface area contributed by atoms with Crippen molar-refractivity contribution in [3.63, 3.8) is 0 Å². The number of nitrogens with one attached hydrogen (secondary N) is 1. The molecule has 0 unspecified atom stereocenters. The topological polar surface area (TPSA) is 30.5 Å². The van der Waals surface area contributed by atoms with Gasteiger partial charge < -0.3 is 14.8 Å². The molecule has 1 aliphatic heterocycles. The van der Waals surface area contributed by atoms with Crippen LogP contribution in [0, 0.1) is 0 Å². The van der Waals surface area contributed by atoms with E-state index in [-0.39, 0.29) is 11.5 Å². The van der Waals surface area contributed by atoms with Gasteiger partial charge in [-0.25, -0.2) is 0 Å². The van der Waals surface area contributed by atoms with Crippen LogP contribution in [0.25, 0.3) is 0 Å². The number of alkyl halides is 2. The molecule has 16 heavy (non-hydrogen) atoms. The fraction of sp³-hybridized carbons (Fsp3) is 0.455. The molecule has 0 amide bonds. The smallest absolute Gasteiger partial charge is 0.395 e. The maximum absolute atomic E-state index is 12.7. The first-order valence-corrected chi connectivity index (χ1v) is 5.29. The molecule has 1 heterocycles. The number of fused-ring (bicyclic) bond motifs is 1. The SMILES string of the molecule is FC1(F)Oc2ccc(NC3CCC3)cc2O1. The highest BCUT2D eigenvalue weighted by molar-refractivity contribution is 5.56. The lowest BCUT2D eigenvalue weighted by Crippen LogP contribution is -2.27. The Balaban J connectivity index is 1.78. The van der Waals surface area contributed by atoms with E-state index in [1.54, 1.807) is 12.1 Å². The summed E-state index contributed by atoms with van der Waals surface area (Å²) in [6.45, 7) is 0. The first-order valence-electron chi connectivity index (χ1n) is 5.29. The molecular formula is C11H11F2NO2. The Kier molecular flexibility index (Phi) is 1.96. The molecule has 1 saturated carbocycles. The Bertz CT molecular complexity index is 418. The van der Waals surface area contributed by atoms with Crippen molar-refractivity contribution in [2.45, 2.75) is 31.6 Å². The van der Waals surface area contributed by atoms with Crippen molar-refractivity contribution in [3.05, 3.63) is 18.2 Å². The largest absolute Gasteiger partial charge is 0.586 e. The number of hydrogen-bond acceptors (Lipinski definition) is 3. The molecule has 3 rings (SSSR count). The van der Waals surface area contributed by atoms with Crippen molar-refractivity contribution in [2.24, 2.45) is 0 Å². The van der Waals surface area contributed by atoms with Crippen molar-refractivity contribution in [1.82, 2.24) is 0 Å². The van der Waals surface area contributed by atoms with Gasteiger partial charge in [0, 0.05) is 17.8 Å². The quantitative estimate of drug-likeness (QED) is 0.842. The third-order valence-electron chi connectivity index (χ3n) is 2.88. The van der Waals surface area contributed by atoms with Crippen LogP contribution in [-0.2, 0) is 0 Å². The van der Waals surface area contributed by atoms with E-state index in [0.29, 0.717) is 6.04 Å². The van der Waals surface area contributed by atoms with Gasteiger partial charge in [-0.3, -0.25) is 0 Å². The first-order chi connectivity index (χ1) is 7.62. The van der Waals surface area contributed by atoms with Gasteiger partial charge in [-0.05, 0) is 31.4 Å². The van der Waals surface area contributed by atoms with Crippen LogP contribution in [0.2, 0.25) is 0 Å². The maximum atomic E-state index is 12.7. The standard InChI is InChI=1S/C11H11F2NO2/c12-11(13)15-9-5-4-8(6-10(9)16-11)14-7-2-1-3-7/h4-7,14H,1-3H2. The van der Waals surface area contributed by atoms with E-state index < -0.39 is 6.29 Å². The molecule has 0 spiro atoms. The number of ether oxygens (including phenoxy) is 2. The summed E-state index contributed by atoms with van der Waals surface area (Å²) in [6.07, 6.45) is -0.0487. The van der Waals surface area contributed by atoms with Gasteiger partial charge in [0.15, 0.2) is 11.5 Å². The normalized spacial score (nSPS) is 21.6. The van der Waals surface area contributed by atoms with E-state index in [4.69, 9.17) is 0 Å². The lowest BCUT2D eigenvalue weighted by atomic mass is 9.93. The second kappa shape index (κ2) is 3.23. The predicted octanol–water partition coefficient (Wildman–Crippen LogP) is 2.97. The number of benzene rings is 1. The fourth-order valence-electron chi connectivity index (χ4n) is 1.83. The lowest BCUT2D eigenvalue weighted by Gasteiger charge is -2.27. The predicted molar refractivity (Wildman–Crippen MR) is 53.9 cm³/mol. The fourth-order valence-corrected chi connectivity index (χ4v) is 1.83. The number of rotatable bonds is 2. The zero-order valence-electron chi connectivity index (χ0n) is 8.50. The molecule has 0 radical (unpaired) electrons. The van der Waals surface area contributed by atoms with Crippen LogP contribution < -0.4 is 14.8 Å². The van der Waals surface area contributed by atoms with Crippen molar-refractivity contribution in [3.8, 4) is 11.5 Å². The Morgan fingerprint density at radius 3 is 2.62 bits per heavy atom. The Labute approximate surface area is 91.4 Å². The summed E-state index contributed by atoms with van der Waals surface area (Å²) in [4.78, 5) is 0. The van der Waals surface area contributed by atoms with Crippen LogP contribution in [0.15, 0.2) is 18.2 Å². The lowest BCUT2D eigenvalue weighted by molar-refractivity contribution is -0.286. The van der Waals surface area contributed by atoms with E-state index in [2.05, 4.69) is 14.8 Å². The highest BCUT2D eigenvalue weighted by Crippen LogP contribution is 2.42. The van der Waals surface area contributed by atoms with Crippen LogP contribution in [-0.4, -0.2) is 12.3 Å². The Hall–Kier alpha value is -1.52. The number of hydrogen-bond donors (Lipinski definition) is 1. The molecule has 0 bridgehead atoms. The molecule has 2 aliphatic rings. The molecule has 1 fully saturated rings. The molecule has 1 aromatic rings. The van der Waals surface area contributed by atoms with Crippen molar-refractivity contribution in [1.29, 1.82) is 0 Å². The van der Waals surface area contributed by atoms with E-state index in [0.717, 1.165) is 18.5 Å². The maximum Gasteiger partial charge on any atom is 0.586 e. The van der Waals surface area contributed by atoms with E-state index in [1.807, 2.05) is 0 Å². The van der Waals surface area contributed by atoms with Crippen LogP contribution in [0.3, 0.4) is 0 Å². The Morgan fingerprint density at radius 2 is 1.94 bits per heavy atom. The summed E-state index contributed by atoms with van der Waals surface area (Å²) < 4.78 is 34.2. The van der Waals surface area contributed by atoms with Crippen molar-refractivity contribution >= 4 is 5.69 Å². The van der Waals surface area contributed by atoms with Crippen LogP contribution >= 0.6 is 0 Å². The summed E-state index contributed by atoms with van der Waals surface area (Å²) in [5.41, 5.74) is 0.796. The minimum atomic E-state index is -3.53. The van der Waals surface area contributed by atoms with E-state index in [9.17, 15) is 8.78 Å². The minimum Gasteiger partial charge on any atom is -0.395 e. The molecule has 0 aromatic heterocycles. The summed E-state index contributed by atoms with van der Waals surface area (Å²) in [5.74, 6) is 0.179. The van der Waals surface area contributed by atoms with E-state index >= 15 is 0 Å². The van der Waals surface area contributed by atoms with Gasteiger partial charge in [0.05, 0.1) is 0 Å². The second-order valence-corrected chi connectivity index (χ2v) is 4.10. The highest BCUT2D eigenvalue weighted by Gasteiger charge is 2.43. The van der Waals surface area contributed by atoms with Crippen molar-refractivity contribution < 1.29 is 18.3 Å². The minimum absolute atomic E-state index is 0.0872. The van der Waals surface area contributed by atoms with Gasteiger partial charge in [0.1, 0.15) is 0 Å².